The summed E-state index contributed by atoms with van der Waals surface area (Å²) in [5.74, 6) is -2.86. The Bertz CT molecular complexity index is 2630. The van der Waals surface area contributed by atoms with Crippen molar-refractivity contribution in [1.29, 1.82) is 0 Å². The first-order valence-corrected chi connectivity index (χ1v) is 17.0. The van der Waals surface area contributed by atoms with E-state index >= 15 is 0 Å². The van der Waals surface area contributed by atoms with Gasteiger partial charge in [0.2, 0.25) is 11.5 Å². The van der Waals surface area contributed by atoms with Gasteiger partial charge in [0.1, 0.15) is 17.2 Å². The van der Waals surface area contributed by atoms with Crippen LogP contribution in [0.4, 0.5) is 0 Å². The molecule has 53 heavy (non-hydrogen) atoms. The molecule has 7 nitrogen and oxygen atoms in total. The van der Waals surface area contributed by atoms with E-state index in [2.05, 4.69) is 6.58 Å². The van der Waals surface area contributed by atoms with Gasteiger partial charge in [-0.05, 0) is 76.1 Å². The second kappa shape index (κ2) is 12.6. The lowest BCUT2D eigenvalue weighted by Crippen LogP contribution is -2.00. The summed E-state index contributed by atoms with van der Waals surface area (Å²) in [7, 11) is 0. The predicted octanol–water partition coefficient (Wildman–Crippen LogP) is 10.7. The van der Waals surface area contributed by atoms with Gasteiger partial charge in [0.25, 0.3) is 0 Å². The molecule has 0 aromatic heterocycles. The first kappa shape index (κ1) is 33.0. The van der Waals surface area contributed by atoms with Gasteiger partial charge in [0.15, 0.2) is 11.5 Å². The number of aromatic hydroxyl groups is 6. The molecule has 0 spiro atoms. The van der Waals surface area contributed by atoms with Crippen LogP contribution in [0, 0.1) is 13.8 Å². The van der Waals surface area contributed by atoms with E-state index in [4.69, 9.17) is 4.74 Å². The summed E-state index contributed by atoms with van der Waals surface area (Å²) < 4.78 is 6.01. The number of allylic oxidation sites excluding steroid dienone is 4. The largest absolute Gasteiger partial charge is 0.507 e. The third-order valence-corrected chi connectivity index (χ3v) is 10.2. The fourth-order valence-electron chi connectivity index (χ4n) is 7.44. The zero-order valence-corrected chi connectivity index (χ0v) is 28.8. The van der Waals surface area contributed by atoms with Gasteiger partial charge in [0.05, 0.1) is 6.26 Å². The van der Waals surface area contributed by atoms with Crippen LogP contribution in [0.3, 0.4) is 0 Å². The minimum Gasteiger partial charge on any atom is -0.507 e. The number of phenolic OH excluding ortho intramolecular Hbond substituents is 6. The van der Waals surface area contributed by atoms with Crippen molar-refractivity contribution in [3.63, 3.8) is 0 Å². The van der Waals surface area contributed by atoms with Crippen molar-refractivity contribution in [2.75, 3.05) is 0 Å². The quantitative estimate of drug-likeness (QED) is 0.0613. The number of phenols is 6. The smallest absolute Gasteiger partial charge is 0.204 e. The number of hydrogen-bond acceptors (Lipinski definition) is 7. The molecule has 7 aromatic rings. The van der Waals surface area contributed by atoms with Gasteiger partial charge >= 0.3 is 0 Å². The van der Waals surface area contributed by atoms with Gasteiger partial charge in [-0.2, -0.15) is 0 Å². The average molecular weight is 699 g/mol. The number of rotatable bonds is 4. The van der Waals surface area contributed by atoms with E-state index in [1.807, 2.05) is 91.0 Å². The van der Waals surface area contributed by atoms with E-state index in [1.54, 1.807) is 44.4 Å². The SMILES string of the molecule is C=C1/C(c2ccc(-c3c4c(O)c(C)c(C)c(O)c4c(-c4ccccc4)c4c(O)c(O)c(O)c(O)c34)cc2)=C(c2ccccc2)\C=C/Oc2ccccc21. The number of fused-ring (bicyclic) bond motifs is 3. The van der Waals surface area contributed by atoms with Crippen LogP contribution < -0.4 is 4.74 Å². The molecule has 0 amide bonds. The van der Waals surface area contributed by atoms with E-state index in [-0.39, 0.29) is 44.2 Å². The molecule has 6 N–H and O–H groups in total. The summed E-state index contributed by atoms with van der Waals surface area (Å²) in [5.41, 5.74) is 7.35. The van der Waals surface area contributed by atoms with Gasteiger partial charge in [0, 0.05) is 38.2 Å². The maximum Gasteiger partial charge on any atom is 0.204 e. The van der Waals surface area contributed by atoms with Crippen molar-refractivity contribution >= 4 is 38.3 Å². The van der Waals surface area contributed by atoms with Gasteiger partial charge < -0.3 is 35.4 Å². The summed E-state index contributed by atoms with van der Waals surface area (Å²) in [6.45, 7) is 7.89. The van der Waals surface area contributed by atoms with Crippen LogP contribution in [-0.4, -0.2) is 30.6 Å². The lowest BCUT2D eigenvalue weighted by molar-refractivity contribution is 0.351. The van der Waals surface area contributed by atoms with Crippen LogP contribution in [-0.2, 0) is 0 Å². The van der Waals surface area contributed by atoms with E-state index < -0.39 is 23.0 Å². The van der Waals surface area contributed by atoms with Crippen LogP contribution >= 0.6 is 0 Å². The van der Waals surface area contributed by atoms with Gasteiger partial charge in [-0.3, -0.25) is 0 Å². The molecule has 8 rings (SSSR count). The zero-order chi connectivity index (χ0) is 37.1. The Kier molecular flexibility index (Phi) is 7.84. The maximum atomic E-state index is 11.9. The van der Waals surface area contributed by atoms with Crippen LogP contribution in [0.15, 0.2) is 128 Å². The fraction of sp³-hybridized carbons (Fsp3) is 0.0435. The monoisotopic (exact) mass is 698 g/mol. The lowest BCUT2D eigenvalue weighted by atomic mass is 9.81. The minimum atomic E-state index is -0.921. The molecule has 7 aromatic carbocycles. The first-order valence-electron chi connectivity index (χ1n) is 17.0. The molecule has 1 heterocycles. The number of hydrogen-bond donors (Lipinski definition) is 6. The van der Waals surface area contributed by atoms with Crippen molar-refractivity contribution in [2.24, 2.45) is 0 Å². The van der Waals surface area contributed by atoms with Crippen LogP contribution in [0.25, 0.3) is 60.5 Å². The Morgan fingerprint density at radius 3 is 1.43 bits per heavy atom. The zero-order valence-electron chi connectivity index (χ0n) is 28.8. The molecule has 1 aliphatic rings. The van der Waals surface area contributed by atoms with E-state index in [1.165, 1.54) is 0 Å². The second-order valence-electron chi connectivity index (χ2n) is 13.1. The third-order valence-electron chi connectivity index (χ3n) is 10.2. The third kappa shape index (κ3) is 5.05. The van der Waals surface area contributed by atoms with Crippen LogP contribution in [0.2, 0.25) is 0 Å². The molecule has 7 heteroatoms. The summed E-state index contributed by atoms with van der Waals surface area (Å²) >= 11 is 0. The predicted molar refractivity (Wildman–Crippen MR) is 210 cm³/mol. The van der Waals surface area contributed by atoms with Crippen molar-refractivity contribution in [1.82, 2.24) is 0 Å². The standard InChI is InChI=1S/C46H34O7/c1-24-25(2)42(48)38-36(40-39(43(49)45(51)46(52)44(40)50)35(37(38)41(24)47)28-14-8-5-9-15-28)30-20-18-29(19-21-30)34-26(3)31-16-10-11-17-33(31)53-23-22-32(34)27-12-6-4-7-13-27/h4-23,47-52H,3H2,1-2H3/b23-22-,34-32-. The summed E-state index contributed by atoms with van der Waals surface area (Å²) in [5, 5.41) is 69.0. The van der Waals surface area contributed by atoms with E-state index in [9.17, 15) is 30.6 Å². The van der Waals surface area contributed by atoms with E-state index in [0.29, 0.717) is 28.0 Å². The molecule has 0 fully saturated rings. The first-order chi connectivity index (χ1) is 25.6. The molecule has 0 saturated carbocycles. The molecule has 0 atom stereocenters. The highest BCUT2D eigenvalue weighted by atomic mass is 16.5. The van der Waals surface area contributed by atoms with Crippen molar-refractivity contribution in [3.05, 3.63) is 156 Å². The summed E-state index contributed by atoms with van der Waals surface area (Å²) in [6.07, 6.45) is 3.57. The molecule has 0 radical (unpaired) electrons. The Balaban J connectivity index is 1.48. The Labute approximate surface area is 305 Å². The molecule has 0 saturated heterocycles. The van der Waals surface area contributed by atoms with Crippen molar-refractivity contribution in [3.8, 4) is 62.5 Å². The molecule has 0 bridgehead atoms. The molecule has 1 aliphatic heterocycles. The highest BCUT2D eigenvalue weighted by molar-refractivity contribution is 6.28. The molecule has 260 valence electrons. The molecule has 0 unspecified atom stereocenters. The Morgan fingerprint density at radius 2 is 0.887 bits per heavy atom. The highest BCUT2D eigenvalue weighted by Gasteiger charge is 2.31. The van der Waals surface area contributed by atoms with Gasteiger partial charge in [-0.1, -0.05) is 110 Å². The number of para-hydroxylation sites is 1. The molecular formula is C46H34O7. The average Bonchev–Trinajstić information content (AvgIpc) is 3.19. The van der Waals surface area contributed by atoms with Gasteiger partial charge in [-0.15, -0.1) is 0 Å². The fourth-order valence-corrected chi connectivity index (χ4v) is 7.44. The van der Waals surface area contributed by atoms with Crippen molar-refractivity contribution < 1.29 is 35.4 Å². The normalized spacial score (nSPS) is 14.8. The number of ether oxygens (including phenoxy) is 1. The summed E-state index contributed by atoms with van der Waals surface area (Å²) in [4.78, 5) is 0. The Morgan fingerprint density at radius 1 is 0.453 bits per heavy atom. The molecule has 0 aliphatic carbocycles. The van der Waals surface area contributed by atoms with Crippen LogP contribution in [0.5, 0.6) is 40.2 Å². The topological polar surface area (TPSA) is 131 Å². The summed E-state index contributed by atoms with van der Waals surface area (Å²) in [6, 6.07) is 33.9. The van der Waals surface area contributed by atoms with Gasteiger partial charge in [-0.25, -0.2) is 0 Å². The lowest BCUT2D eigenvalue weighted by Gasteiger charge is -2.24. The number of benzene rings is 7. The van der Waals surface area contributed by atoms with E-state index in [0.717, 1.165) is 33.4 Å². The Hall–Kier alpha value is -7.12. The van der Waals surface area contributed by atoms with Crippen LogP contribution in [0.1, 0.15) is 27.8 Å². The second-order valence-corrected chi connectivity index (χ2v) is 13.1. The molecular weight excluding hydrogens is 664 g/mol. The highest BCUT2D eigenvalue weighted by Crippen LogP contribution is 2.59. The minimum absolute atomic E-state index is 0.0160. The van der Waals surface area contributed by atoms with Crippen molar-refractivity contribution in [2.45, 2.75) is 13.8 Å². The maximum absolute atomic E-state index is 11.9.